The van der Waals surface area contributed by atoms with Crippen LogP contribution in [0.5, 0.6) is 11.5 Å². The zero-order chi connectivity index (χ0) is 31.1. The highest BCUT2D eigenvalue weighted by Crippen LogP contribution is 2.64. The number of amides is 1. The van der Waals surface area contributed by atoms with E-state index in [2.05, 4.69) is 12.1 Å². The first-order chi connectivity index (χ1) is 21.0. The number of rotatable bonds is 10. The summed E-state index contributed by atoms with van der Waals surface area (Å²) in [5.41, 5.74) is 0.608. The van der Waals surface area contributed by atoms with Gasteiger partial charge in [-0.25, -0.2) is 9.34 Å². The Morgan fingerprint density at radius 2 is 1.52 bits per heavy atom. The highest BCUT2D eigenvalue weighted by Gasteiger charge is 2.55. The number of nitrogens with zero attached hydrogens (tertiary/aromatic N) is 4. The van der Waals surface area contributed by atoms with Gasteiger partial charge in [-0.3, -0.25) is 24.0 Å². The van der Waals surface area contributed by atoms with Crippen molar-refractivity contribution in [2.45, 2.75) is 31.0 Å². The number of ether oxygens (including phenoxy) is 1. The number of alkyl halides is 3. The van der Waals surface area contributed by atoms with Crippen LogP contribution in [0.3, 0.4) is 0 Å². The van der Waals surface area contributed by atoms with Crippen molar-refractivity contribution >= 4 is 19.3 Å². The third-order valence-electron chi connectivity index (χ3n) is 7.97. The van der Waals surface area contributed by atoms with Gasteiger partial charge in [-0.1, -0.05) is 30.3 Å². The van der Waals surface area contributed by atoms with E-state index in [1.54, 1.807) is 4.90 Å². The first kappa shape index (κ1) is 30.3. The number of benzene rings is 3. The van der Waals surface area contributed by atoms with Gasteiger partial charge < -0.3 is 9.64 Å². The molecule has 3 saturated heterocycles. The molecule has 0 bridgehead atoms. The Balaban J connectivity index is 1.17. The van der Waals surface area contributed by atoms with Crippen molar-refractivity contribution in [1.29, 1.82) is 0 Å². The lowest BCUT2D eigenvalue weighted by molar-refractivity contribution is -0.385. The second-order valence-corrected chi connectivity index (χ2v) is 13.3. The Hall–Kier alpha value is -3.77. The SMILES string of the molecule is O=C(c1ccc(Oc2cc(C(OP(=O)(N3CC3)N3CC3)C(F)(F)F)ccc2[N+](=O)[O-])cc1)N1CCC(c2ccccc2)CC1. The van der Waals surface area contributed by atoms with Crippen LogP contribution in [0.15, 0.2) is 72.8 Å². The van der Waals surface area contributed by atoms with E-state index in [1.165, 1.54) is 39.2 Å². The lowest BCUT2D eigenvalue weighted by Crippen LogP contribution is -2.37. The van der Waals surface area contributed by atoms with E-state index in [1.807, 2.05) is 18.2 Å². The number of carbonyl (C=O) groups excluding carboxylic acids is 1. The molecule has 3 aromatic rings. The molecule has 1 atom stereocenters. The second-order valence-electron chi connectivity index (χ2n) is 11.0. The zero-order valence-electron chi connectivity index (χ0n) is 23.6. The minimum atomic E-state index is -4.95. The molecule has 3 aliphatic rings. The van der Waals surface area contributed by atoms with Gasteiger partial charge in [0, 0.05) is 50.9 Å². The molecular weight excluding hydrogens is 600 g/mol. The fraction of sp³-hybridized carbons (Fsp3) is 0.367. The highest BCUT2D eigenvalue weighted by molar-refractivity contribution is 7.54. The second kappa shape index (κ2) is 12.0. The van der Waals surface area contributed by atoms with Crippen molar-refractivity contribution < 1.29 is 36.7 Å². The topological polar surface area (TPSA) is 105 Å². The summed E-state index contributed by atoms with van der Waals surface area (Å²) in [6.07, 6.45) is -5.87. The van der Waals surface area contributed by atoms with Crippen LogP contribution in [-0.4, -0.2) is 70.5 Å². The van der Waals surface area contributed by atoms with Gasteiger partial charge in [0.05, 0.1) is 4.92 Å². The van der Waals surface area contributed by atoms with Gasteiger partial charge in [0.15, 0.2) is 6.10 Å². The van der Waals surface area contributed by atoms with E-state index in [0.29, 0.717) is 50.7 Å². The van der Waals surface area contributed by atoms with Crippen LogP contribution in [0.4, 0.5) is 18.9 Å². The van der Waals surface area contributed by atoms with E-state index >= 15 is 0 Å². The summed E-state index contributed by atoms with van der Waals surface area (Å²) >= 11 is 0. The number of piperidine rings is 1. The number of nitro groups is 1. The summed E-state index contributed by atoms with van der Waals surface area (Å²) in [5, 5.41) is 11.7. The van der Waals surface area contributed by atoms with E-state index < -0.39 is 41.9 Å². The summed E-state index contributed by atoms with van der Waals surface area (Å²) in [6.45, 7) is 2.63. The van der Waals surface area contributed by atoms with Gasteiger partial charge in [-0.2, -0.15) is 13.2 Å². The summed E-state index contributed by atoms with van der Waals surface area (Å²) in [6, 6.07) is 18.8. The van der Waals surface area contributed by atoms with E-state index in [4.69, 9.17) is 9.26 Å². The van der Waals surface area contributed by atoms with Gasteiger partial charge in [0.25, 0.3) is 5.91 Å². The molecule has 3 aromatic carbocycles. The van der Waals surface area contributed by atoms with Crippen LogP contribution in [-0.2, 0) is 9.09 Å². The van der Waals surface area contributed by atoms with Gasteiger partial charge in [0.2, 0.25) is 5.75 Å². The quantitative estimate of drug-likeness (QED) is 0.105. The van der Waals surface area contributed by atoms with Crippen molar-refractivity contribution in [3.05, 3.63) is 99.6 Å². The predicted octanol–water partition coefficient (Wildman–Crippen LogP) is 6.77. The minimum Gasteiger partial charge on any atom is -0.450 e. The van der Waals surface area contributed by atoms with Crippen LogP contribution in [0, 0.1) is 10.1 Å². The van der Waals surface area contributed by atoms with Crippen LogP contribution < -0.4 is 4.74 Å². The lowest BCUT2D eigenvalue weighted by Gasteiger charge is -2.32. The molecule has 3 aliphatic heterocycles. The maximum absolute atomic E-state index is 14.2. The van der Waals surface area contributed by atoms with E-state index in [-0.39, 0.29) is 11.7 Å². The van der Waals surface area contributed by atoms with Gasteiger partial charge in [-0.15, -0.1) is 0 Å². The number of hydrogen-bond acceptors (Lipinski definition) is 6. The molecule has 0 N–H and O–H groups in total. The molecule has 232 valence electrons. The van der Waals surface area contributed by atoms with Gasteiger partial charge >= 0.3 is 19.5 Å². The normalized spacial score (nSPS) is 18.6. The number of likely N-dealkylation sites (tertiary alicyclic amines) is 1. The minimum absolute atomic E-state index is 0.0907. The van der Waals surface area contributed by atoms with Gasteiger partial charge in [-0.05, 0) is 66.3 Å². The number of halogens is 3. The maximum Gasteiger partial charge on any atom is 0.419 e. The summed E-state index contributed by atoms with van der Waals surface area (Å²) in [4.78, 5) is 25.9. The molecule has 44 heavy (non-hydrogen) atoms. The number of carbonyl (C=O) groups is 1. The average molecular weight is 631 g/mol. The standard InChI is InChI=1S/C30H30F3N4O6P/c31-30(32,33)28(43-44(41,35-16-17-35)36-18-19-36)24-8-11-26(37(39)40)27(20-24)42-25-9-6-23(7-10-25)29(38)34-14-12-22(13-15-34)21-4-2-1-3-5-21/h1-11,20,22,28H,12-19H2. The predicted molar refractivity (Wildman–Crippen MR) is 155 cm³/mol. The first-order valence-corrected chi connectivity index (χ1v) is 15.8. The molecule has 6 rings (SSSR count). The van der Waals surface area contributed by atoms with E-state index in [9.17, 15) is 32.6 Å². The Labute approximate surface area is 251 Å². The smallest absolute Gasteiger partial charge is 0.419 e. The van der Waals surface area contributed by atoms with Crippen molar-refractivity contribution in [2.24, 2.45) is 0 Å². The zero-order valence-corrected chi connectivity index (χ0v) is 24.5. The Morgan fingerprint density at radius 3 is 2.07 bits per heavy atom. The molecule has 0 saturated carbocycles. The molecule has 1 amide bonds. The fourth-order valence-electron chi connectivity index (χ4n) is 5.40. The number of hydrogen-bond donors (Lipinski definition) is 0. The maximum atomic E-state index is 14.2. The van der Waals surface area contributed by atoms with Crippen molar-refractivity contribution in [3.63, 3.8) is 0 Å². The van der Waals surface area contributed by atoms with Crippen LogP contribution in [0.25, 0.3) is 0 Å². The van der Waals surface area contributed by atoms with Crippen molar-refractivity contribution in [2.75, 3.05) is 39.3 Å². The molecular formula is C30H30F3N4O6P. The van der Waals surface area contributed by atoms with Crippen LogP contribution in [0.2, 0.25) is 0 Å². The summed E-state index contributed by atoms with van der Waals surface area (Å²) < 4.78 is 69.7. The molecule has 0 radical (unpaired) electrons. The van der Waals surface area contributed by atoms with Crippen molar-refractivity contribution in [1.82, 2.24) is 14.2 Å². The monoisotopic (exact) mass is 630 g/mol. The Kier molecular flexibility index (Phi) is 8.23. The van der Waals surface area contributed by atoms with E-state index in [0.717, 1.165) is 31.0 Å². The summed E-state index contributed by atoms with van der Waals surface area (Å²) in [5.74, 6) is -0.133. The van der Waals surface area contributed by atoms with Crippen LogP contribution >= 0.6 is 7.67 Å². The van der Waals surface area contributed by atoms with Crippen molar-refractivity contribution in [3.8, 4) is 11.5 Å². The summed E-state index contributed by atoms with van der Waals surface area (Å²) in [7, 11) is -3.88. The molecule has 3 heterocycles. The molecule has 14 heteroatoms. The Bertz CT molecular complexity index is 1560. The molecule has 1 unspecified atom stereocenters. The molecule has 10 nitrogen and oxygen atoms in total. The fourth-order valence-corrected chi connectivity index (χ4v) is 7.73. The van der Waals surface area contributed by atoms with Gasteiger partial charge in [0.1, 0.15) is 5.75 Å². The third kappa shape index (κ3) is 6.51. The Morgan fingerprint density at radius 1 is 0.909 bits per heavy atom. The molecule has 3 fully saturated rings. The average Bonchev–Trinajstić information content (AvgIpc) is 3.93. The molecule has 0 aromatic heterocycles. The largest absolute Gasteiger partial charge is 0.450 e. The number of nitro benzene ring substituents is 1. The first-order valence-electron chi connectivity index (χ1n) is 14.3. The third-order valence-corrected chi connectivity index (χ3v) is 10.7. The van der Waals surface area contributed by atoms with Crippen LogP contribution in [0.1, 0.15) is 46.3 Å². The molecule has 0 spiro atoms. The lowest BCUT2D eigenvalue weighted by atomic mass is 9.89. The molecule has 0 aliphatic carbocycles. The highest BCUT2D eigenvalue weighted by atomic mass is 31.2.